The summed E-state index contributed by atoms with van der Waals surface area (Å²) in [4.78, 5) is 5.20. The van der Waals surface area contributed by atoms with Crippen LogP contribution in [0.5, 0.6) is 0 Å². The molecular formula is C11H22N4O2S2. The predicted octanol–water partition coefficient (Wildman–Crippen LogP) is 1.35. The molecule has 0 unspecified atom stereocenters. The van der Waals surface area contributed by atoms with Crippen LogP contribution in [-0.4, -0.2) is 44.4 Å². The number of anilines is 1. The number of nitrogens with one attached hydrogen (secondary N) is 2. The molecular weight excluding hydrogens is 284 g/mol. The number of aromatic nitrogens is 1. The largest absolute Gasteiger partial charge is 0.317 e. The fourth-order valence-corrected chi connectivity index (χ4v) is 3.37. The van der Waals surface area contributed by atoms with Gasteiger partial charge in [0.1, 0.15) is 0 Å². The van der Waals surface area contributed by atoms with E-state index in [1.54, 1.807) is 7.05 Å². The van der Waals surface area contributed by atoms with Gasteiger partial charge in [-0.1, -0.05) is 6.92 Å². The quantitative estimate of drug-likeness (QED) is 0.711. The van der Waals surface area contributed by atoms with Gasteiger partial charge in [0.25, 0.3) is 0 Å². The van der Waals surface area contributed by atoms with Gasteiger partial charge in [-0.3, -0.25) is 0 Å². The lowest BCUT2D eigenvalue weighted by Crippen LogP contribution is -2.34. The number of thiazole rings is 1. The van der Waals surface area contributed by atoms with Crippen LogP contribution in [0.2, 0.25) is 0 Å². The van der Waals surface area contributed by atoms with Crippen molar-refractivity contribution in [1.82, 2.24) is 14.6 Å². The second-order valence-corrected chi connectivity index (χ2v) is 7.28. The molecule has 0 saturated carbocycles. The number of hydrogen-bond donors (Lipinski definition) is 2. The molecule has 0 aliphatic carbocycles. The highest BCUT2D eigenvalue weighted by molar-refractivity contribution is 7.90. The van der Waals surface area contributed by atoms with Gasteiger partial charge < -0.3 is 5.32 Å². The van der Waals surface area contributed by atoms with Crippen LogP contribution < -0.4 is 10.0 Å². The highest BCUT2D eigenvalue weighted by atomic mass is 32.2. The lowest BCUT2D eigenvalue weighted by Gasteiger charge is -2.17. The molecule has 1 aromatic rings. The maximum absolute atomic E-state index is 12.0. The molecule has 1 rings (SSSR count). The first-order chi connectivity index (χ1) is 8.86. The van der Waals surface area contributed by atoms with E-state index in [-0.39, 0.29) is 0 Å². The zero-order valence-electron chi connectivity index (χ0n) is 11.9. The Morgan fingerprint density at radius 1 is 1.37 bits per heavy atom. The van der Waals surface area contributed by atoms with Crippen LogP contribution in [0.25, 0.3) is 0 Å². The number of aryl methyl sites for hydroxylation is 2. The molecule has 0 spiro atoms. The number of nitrogens with zero attached hydrogens (tertiary/aromatic N) is 2. The number of hydrogen-bond acceptors (Lipinski definition) is 5. The summed E-state index contributed by atoms with van der Waals surface area (Å²) in [6.07, 6.45) is 0.779. The topological polar surface area (TPSA) is 74.3 Å². The third-order valence-electron chi connectivity index (χ3n) is 2.73. The van der Waals surface area contributed by atoms with Crippen LogP contribution >= 0.6 is 11.3 Å². The van der Waals surface area contributed by atoms with Gasteiger partial charge >= 0.3 is 10.2 Å². The van der Waals surface area contributed by atoms with Crippen molar-refractivity contribution in [3.05, 3.63) is 10.6 Å². The molecule has 1 heterocycles. The third kappa shape index (κ3) is 5.06. The molecule has 0 bridgehead atoms. The Morgan fingerprint density at radius 3 is 2.58 bits per heavy atom. The summed E-state index contributed by atoms with van der Waals surface area (Å²) in [5, 5.41) is 3.59. The maximum Gasteiger partial charge on any atom is 0.303 e. The Labute approximate surface area is 119 Å². The molecule has 0 aromatic carbocycles. The van der Waals surface area contributed by atoms with E-state index in [1.807, 2.05) is 20.8 Å². The van der Waals surface area contributed by atoms with Gasteiger partial charge in [0.15, 0.2) is 5.13 Å². The Morgan fingerprint density at radius 2 is 2.05 bits per heavy atom. The van der Waals surface area contributed by atoms with Gasteiger partial charge in [-0.15, -0.1) is 11.3 Å². The summed E-state index contributed by atoms with van der Waals surface area (Å²) in [5.74, 6) is 0. The molecule has 0 atom stereocenters. The van der Waals surface area contributed by atoms with Crippen LogP contribution in [0.4, 0.5) is 5.13 Å². The molecule has 0 fully saturated rings. The smallest absolute Gasteiger partial charge is 0.303 e. The lowest BCUT2D eigenvalue weighted by atomic mass is 10.4. The van der Waals surface area contributed by atoms with Crippen LogP contribution in [-0.2, 0) is 10.2 Å². The Balaban J connectivity index is 2.55. The normalized spacial score (nSPS) is 12.1. The molecule has 0 saturated heterocycles. The van der Waals surface area contributed by atoms with Crippen molar-refractivity contribution in [2.24, 2.45) is 0 Å². The van der Waals surface area contributed by atoms with Gasteiger partial charge in [-0.25, -0.2) is 9.71 Å². The summed E-state index contributed by atoms with van der Waals surface area (Å²) in [7, 11) is -1.93. The fourth-order valence-electron chi connectivity index (χ4n) is 1.43. The molecule has 110 valence electrons. The van der Waals surface area contributed by atoms with Gasteiger partial charge in [-0.2, -0.15) is 12.7 Å². The van der Waals surface area contributed by atoms with Crippen molar-refractivity contribution < 1.29 is 8.42 Å². The fraction of sp³-hybridized carbons (Fsp3) is 0.727. The molecule has 0 aliphatic rings. The molecule has 8 heteroatoms. The minimum atomic E-state index is -3.50. The van der Waals surface area contributed by atoms with E-state index in [9.17, 15) is 8.42 Å². The van der Waals surface area contributed by atoms with Crippen molar-refractivity contribution in [3.8, 4) is 0 Å². The Kier molecular flexibility index (Phi) is 6.18. The molecule has 1 aromatic heterocycles. The van der Waals surface area contributed by atoms with Crippen molar-refractivity contribution in [1.29, 1.82) is 0 Å². The SMILES string of the molecule is CCNCCCN(C)S(=O)(=O)Nc1nc(C)c(C)s1. The lowest BCUT2D eigenvalue weighted by molar-refractivity contribution is 0.459. The van der Waals surface area contributed by atoms with Crippen LogP contribution in [0.15, 0.2) is 0 Å². The van der Waals surface area contributed by atoms with Crippen LogP contribution in [0.3, 0.4) is 0 Å². The summed E-state index contributed by atoms with van der Waals surface area (Å²) in [5.41, 5.74) is 0.859. The zero-order chi connectivity index (χ0) is 14.5. The molecule has 19 heavy (non-hydrogen) atoms. The minimum absolute atomic E-state index is 0.425. The first-order valence-corrected chi connectivity index (χ1v) is 8.51. The highest BCUT2D eigenvalue weighted by Gasteiger charge is 2.19. The molecule has 0 amide bonds. The average molecular weight is 306 g/mol. The summed E-state index contributed by atoms with van der Waals surface area (Å²) >= 11 is 1.35. The predicted molar refractivity (Wildman–Crippen MR) is 79.9 cm³/mol. The van der Waals surface area contributed by atoms with Crippen molar-refractivity contribution in [2.45, 2.75) is 27.2 Å². The van der Waals surface area contributed by atoms with Crippen LogP contribution in [0.1, 0.15) is 23.9 Å². The monoisotopic (exact) mass is 306 g/mol. The van der Waals surface area contributed by atoms with E-state index >= 15 is 0 Å². The van der Waals surface area contributed by atoms with Gasteiger partial charge in [0.05, 0.1) is 5.69 Å². The summed E-state index contributed by atoms with van der Waals surface area (Å²) < 4.78 is 27.9. The van der Waals surface area contributed by atoms with E-state index in [2.05, 4.69) is 15.0 Å². The molecule has 6 nitrogen and oxygen atoms in total. The van der Waals surface area contributed by atoms with Gasteiger partial charge in [0.2, 0.25) is 0 Å². The second kappa shape index (κ2) is 7.18. The van der Waals surface area contributed by atoms with E-state index in [1.165, 1.54) is 15.6 Å². The standard InChI is InChI=1S/C11H22N4O2S2/c1-5-12-7-6-8-15(4)19(16,17)14-11-13-9(2)10(3)18-11/h12H,5-8H2,1-4H3,(H,13,14). The third-order valence-corrected chi connectivity index (χ3v) is 5.30. The van der Waals surface area contributed by atoms with E-state index in [0.717, 1.165) is 30.1 Å². The van der Waals surface area contributed by atoms with Crippen molar-refractivity contribution in [3.63, 3.8) is 0 Å². The summed E-state index contributed by atoms with van der Waals surface area (Å²) in [6.45, 7) is 7.99. The van der Waals surface area contributed by atoms with Gasteiger partial charge in [-0.05, 0) is 33.4 Å². The van der Waals surface area contributed by atoms with E-state index < -0.39 is 10.2 Å². The molecule has 0 radical (unpaired) electrons. The Bertz CT molecular complexity index is 479. The minimum Gasteiger partial charge on any atom is -0.317 e. The van der Waals surface area contributed by atoms with Crippen LogP contribution in [0, 0.1) is 13.8 Å². The van der Waals surface area contributed by atoms with Crippen molar-refractivity contribution >= 4 is 26.7 Å². The Hall–Kier alpha value is -0.700. The summed E-state index contributed by atoms with van der Waals surface area (Å²) in [6, 6.07) is 0. The zero-order valence-corrected chi connectivity index (χ0v) is 13.5. The second-order valence-electron chi connectivity index (χ2n) is 4.30. The van der Waals surface area contributed by atoms with E-state index in [0.29, 0.717) is 11.7 Å². The molecule has 0 aliphatic heterocycles. The maximum atomic E-state index is 12.0. The highest BCUT2D eigenvalue weighted by Crippen LogP contribution is 2.22. The number of rotatable bonds is 8. The van der Waals surface area contributed by atoms with E-state index in [4.69, 9.17) is 0 Å². The first kappa shape index (κ1) is 16.4. The first-order valence-electron chi connectivity index (χ1n) is 6.25. The molecule has 2 N–H and O–H groups in total. The average Bonchev–Trinajstić information content (AvgIpc) is 2.62. The van der Waals surface area contributed by atoms with Gasteiger partial charge in [0, 0.05) is 18.5 Å². The van der Waals surface area contributed by atoms with Crippen molar-refractivity contribution in [2.75, 3.05) is 31.4 Å².